The summed E-state index contributed by atoms with van der Waals surface area (Å²) in [5, 5.41) is 3.46. The zero-order valence-electron chi connectivity index (χ0n) is 10.7. The molecule has 1 aliphatic heterocycles. The first-order chi connectivity index (χ1) is 8.81. The molecule has 2 rings (SSSR count). The summed E-state index contributed by atoms with van der Waals surface area (Å²) in [6, 6.07) is 4.47. The van der Waals surface area contributed by atoms with Gasteiger partial charge in [0.15, 0.2) is 0 Å². The van der Waals surface area contributed by atoms with Crippen molar-refractivity contribution in [2.24, 2.45) is 0 Å². The van der Waals surface area contributed by atoms with Crippen LogP contribution in [0.4, 0.5) is 5.82 Å². The van der Waals surface area contributed by atoms with E-state index in [1.807, 2.05) is 12.3 Å². The molecule has 4 nitrogen and oxygen atoms in total. The summed E-state index contributed by atoms with van der Waals surface area (Å²) in [7, 11) is 0. The summed E-state index contributed by atoms with van der Waals surface area (Å²) in [5.74, 6) is 1.03. The molecule has 18 heavy (non-hydrogen) atoms. The van der Waals surface area contributed by atoms with Gasteiger partial charge in [-0.25, -0.2) is 4.98 Å². The van der Waals surface area contributed by atoms with Crippen LogP contribution in [0.2, 0.25) is 0 Å². The predicted octanol–water partition coefficient (Wildman–Crippen LogP) is 2.05. The highest BCUT2D eigenvalue weighted by atomic mass is 79.9. The molecule has 100 valence electrons. The van der Waals surface area contributed by atoms with E-state index in [1.54, 1.807) is 0 Å². The lowest BCUT2D eigenvalue weighted by atomic mass is 10.2. The minimum absolute atomic E-state index is 0.374. The van der Waals surface area contributed by atoms with Gasteiger partial charge in [-0.2, -0.15) is 0 Å². The monoisotopic (exact) mass is 313 g/mol. The second-order valence-corrected chi connectivity index (χ2v) is 5.38. The van der Waals surface area contributed by atoms with Crippen molar-refractivity contribution in [1.29, 1.82) is 0 Å². The van der Waals surface area contributed by atoms with Crippen LogP contribution in [0.15, 0.2) is 22.8 Å². The first-order valence-electron chi connectivity index (χ1n) is 6.48. The summed E-state index contributed by atoms with van der Waals surface area (Å²) >= 11 is 3.42. The number of hydrogen-bond acceptors (Lipinski definition) is 4. The van der Waals surface area contributed by atoms with E-state index < -0.39 is 0 Å². The minimum atomic E-state index is 0.374. The molecule has 1 unspecified atom stereocenters. The number of nitrogens with one attached hydrogen (secondary N) is 1. The molecule has 5 heteroatoms. The van der Waals surface area contributed by atoms with Crippen molar-refractivity contribution >= 4 is 21.7 Å². The third kappa shape index (κ3) is 3.67. The van der Waals surface area contributed by atoms with Crippen molar-refractivity contribution in [2.75, 3.05) is 37.7 Å². The topological polar surface area (TPSA) is 37.4 Å². The molecule has 1 fully saturated rings. The number of ether oxygens (including phenoxy) is 1. The average molecular weight is 314 g/mol. The Morgan fingerprint density at radius 3 is 3.17 bits per heavy atom. The van der Waals surface area contributed by atoms with Crippen LogP contribution in [0.3, 0.4) is 0 Å². The van der Waals surface area contributed by atoms with Crippen LogP contribution in [-0.2, 0) is 4.74 Å². The fourth-order valence-electron chi connectivity index (χ4n) is 2.11. The third-order valence-corrected chi connectivity index (χ3v) is 3.51. The Kier molecular flexibility index (Phi) is 5.41. The van der Waals surface area contributed by atoms with Crippen LogP contribution < -0.4 is 10.2 Å². The maximum Gasteiger partial charge on any atom is 0.129 e. The van der Waals surface area contributed by atoms with E-state index in [1.165, 1.54) is 0 Å². The lowest BCUT2D eigenvalue weighted by molar-refractivity contribution is 0.0934. The molecule has 2 heterocycles. The summed E-state index contributed by atoms with van der Waals surface area (Å²) in [6.45, 7) is 6.64. The van der Waals surface area contributed by atoms with Gasteiger partial charge in [0.2, 0.25) is 0 Å². The van der Waals surface area contributed by atoms with Gasteiger partial charge in [0, 0.05) is 23.8 Å². The summed E-state index contributed by atoms with van der Waals surface area (Å²) < 4.78 is 6.58. The number of halogens is 1. The van der Waals surface area contributed by atoms with Crippen molar-refractivity contribution < 1.29 is 4.74 Å². The number of hydrogen-bond donors (Lipinski definition) is 1. The van der Waals surface area contributed by atoms with E-state index in [4.69, 9.17) is 4.74 Å². The molecule has 1 aromatic rings. The maximum atomic E-state index is 5.57. The van der Waals surface area contributed by atoms with Crippen molar-refractivity contribution in [2.45, 2.75) is 19.4 Å². The highest BCUT2D eigenvalue weighted by Crippen LogP contribution is 2.19. The van der Waals surface area contributed by atoms with Crippen LogP contribution >= 0.6 is 15.9 Å². The molecule has 1 aromatic heterocycles. The maximum absolute atomic E-state index is 5.57. The van der Waals surface area contributed by atoms with Crippen molar-refractivity contribution in [3.05, 3.63) is 22.8 Å². The molecular formula is C13H20BrN3O. The van der Waals surface area contributed by atoms with Gasteiger partial charge in [-0.3, -0.25) is 0 Å². The van der Waals surface area contributed by atoms with Crippen LogP contribution in [0.25, 0.3) is 0 Å². The van der Waals surface area contributed by atoms with Crippen LogP contribution in [0.1, 0.15) is 13.3 Å². The van der Waals surface area contributed by atoms with Gasteiger partial charge in [0.25, 0.3) is 0 Å². The quantitative estimate of drug-likeness (QED) is 0.844. The fraction of sp³-hybridized carbons (Fsp3) is 0.615. The largest absolute Gasteiger partial charge is 0.377 e. The van der Waals surface area contributed by atoms with Crippen LogP contribution in [0, 0.1) is 0 Å². The van der Waals surface area contributed by atoms with Gasteiger partial charge in [-0.05, 0) is 41.0 Å². The molecule has 0 aromatic carbocycles. The van der Waals surface area contributed by atoms with E-state index in [0.29, 0.717) is 6.04 Å². The Bertz CT molecular complexity index is 358. The molecule has 0 aliphatic carbocycles. The Morgan fingerprint density at radius 2 is 2.44 bits per heavy atom. The second-order valence-electron chi connectivity index (χ2n) is 4.46. The highest BCUT2D eigenvalue weighted by Gasteiger charge is 2.23. The van der Waals surface area contributed by atoms with E-state index in [0.717, 1.165) is 49.6 Å². The minimum Gasteiger partial charge on any atom is -0.377 e. The Balaban J connectivity index is 2.00. The SMILES string of the molecule is CCCNCC1COCCN1c1ccc(Br)cn1. The third-order valence-electron chi connectivity index (χ3n) is 3.04. The Hall–Kier alpha value is -0.650. The van der Waals surface area contributed by atoms with Gasteiger partial charge in [-0.15, -0.1) is 0 Å². The molecule has 1 saturated heterocycles. The zero-order valence-corrected chi connectivity index (χ0v) is 12.3. The van der Waals surface area contributed by atoms with Gasteiger partial charge >= 0.3 is 0 Å². The van der Waals surface area contributed by atoms with E-state index in [2.05, 4.69) is 44.1 Å². The lowest BCUT2D eigenvalue weighted by Gasteiger charge is -2.36. The average Bonchev–Trinajstić information content (AvgIpc) is 2.41. The van der Waals surface area contributed by atoms with Gasteiger partial charge in [0.05, 0.1) is 19.3 Å². The number of morpholine rings is 1. The summed E-state index contributed by atoms with van der Waals surface area (Å²) in [4.78, 5) is 6.81. The number of nitrogens with zero attached hydrogens (tertiary/aromatic N) is 2. The van der Waals surface area contributed by atoms with E-state index in [-0.39, 0.29) is 0 Å². The van der Waals surface area contributed by atoms with Gasteiger partial charge in [-0.1, -0.05) is 6.92 Å². The highest BCUT2D eigenvalue weighted by molar-refractivity contribution is 9.10. The molecule has 0 saturated carbocycles. The Labute approximate surface area is 117 Å². The molecule has 1 atom stereocenters. The molecule has 0 spiro atoms. The van der Waals surface area contributed by atoms with Crippen LogP contribution in [0.5, 0.6) is 0 Å². The Morgan fingerprint density at radius 1 is 1.56 bits per heavy atom. The first-order valence-corrected chi connectivity index (χ1v) is 7.27. The number of anilines is 1. The number of pyridine rings is 1. The normalized spacial score (nSPS) is 20.1. The van der Waals surface area contributed by atoms with Crippen molar-refractivity contribution in [1.82, 2.24) is 10.3 Å². The van der Waals surface area contributed by atoms with Gasteiger partial charge in [0.1, 0.15) is 5.82 Å². The van der Waals surface area contributed by atoms with Crippen LogP contribution in [-0.4, -0.2) is 43.9 Å². The van der Waals surface area contributed by atoms with Gasteiger partial charge < -0.3 is 15.0 Å². The van der Waals surface area contributed by atoms with Crippen molar-refractivity contribution in [3.8, 4) is 0 Å². The molecule has 0 amide bonds. The summed E-state index contributed by atoms with van der Waals surface area (Å²) in [5.41, 5.74) is 0. The molecular weight excluding hydrogens is 294 g/mol. The molecule has 1 N–H and O–H groups in total. The summed E-state index contributed by atoms with van der Waals surface area (Å²) in [6.07, 6.45) is 3.01. The molecule has 0 bridgehead atoms. The smallest absolute Gasteiger partial charge is 0.129 e. The van der Waals surface area contributed by atoms with E-state index in [9.17, 15) is 0 Å². The van der Waals surface area contributed by atoms with Crippen molar-refractivity contribution in [3.63, 3.8) is 0 Å². The zero-order chi connectivity index (χ0) is 12.8. The first kappa shape index (κ1) is 13.8. The number of aromatic nitrogens is 1. The number of rotatable bonds is 5. The second kappa shape index (κ2) is 7.07. The molecule has 1 aliphatic rings. The van der Waals surface area contributed by atoms with E-state index >= 15 is 0 Å². The fourth-order valence-corrected chi connectivity index (χ4v) is 2.34. The standard InChI is InChI=1S/C13H20BrN3O/c1-2-5-15-9-12-10-18-7-6-17(12)13-4-3-11(14)8-16-13/h3-4,8,12,15H,2,5-7,9-10H2,1H3. The molecule has 0 radical (unpaired) electrons. The predicted molar refractivity (Wildman–Crippen MR) is 77.1 cm³/mol. The lowest BCUT2D eigenvalue weighted by Crippen LogP contribution is -2.51.